The van der Waals surface area contributed by atoms with Crippen molar-refractivity contribution >= 4 is 6.09 Å². The average molecular weight is 322 g/mol. The van der Waals surface area contributed by atoms with Crippen LogP contribution >= 0.6 is 0 Å². The molecule has 23 heavy (non-hydrogen) atoms. The van der Waals surface area contributed by atoms with E-state index in [1.165, 1.54) is 0 Å². The molecule has 0 spiro atoms. The molecule has 7 heteroatoms. The molecule has 7 nitrogen and oxygen atoms in total. The largest absolute Gasteiger partial charge is 0.480 e. The zero-order valence-electron chi connectivity index (χ0n) is 14.3. The quantitative estimate of drug-likeness (QED) is 0.893. The number of methoxy groups -OCH3 is 1. The number of rotatable bonds is 5. The molecule has 1 N–H and O–H groups in total. The van der Waals surface area contributed by atoms with Crippen LogP contribution in [0.25, 0.3) is 0 Å². The molecule has 1 amide bonds. The summed E-state index contributed by atoms with van der Waals surface area (Å²) in [5, 5.41) is 2.86. The summed E-state index contributed by atoms with van der Waals surface area (Å²) in [6.45, 7) is 7.77. The van der Waals surface area contributed by atoms with E-state index < -0.39 is 5.60 Å². The van der Waals surface area contributed by atoms with Crippen molar-refractivity contribution < 1.29 is 14.3 Å². The van der Waals surface area contributed by atoms with E-state index in [1.807, 2.05) is 20.8 Å². The van der Waals surface area contributed by atoms with Crippen LogP contribution in [0.5, 0.6) is 5.88 Å². The van der Waals surface area contributed by atoms with Gasteiger partial charge in [0.2, 0.25) is 5.88 Å². The van der Waals surface area contributed by atoms with Gasteiger partial charge in [-0.2, -0.15) is 0 Å². The SMILES string of the molecule is COc1nccnc1CN1CCCC1CNC(=O)OC(C)(C)C. The van der Waals surface area contributed by atoms with Gasteiger partial charge in [-0.05, 0) is 40.2 Å². The molecule has 1 aliphatic rings. The molecular weight excluding hydrogens is 296 g/mol. The van der Waals surface area contributed by atoms with Crippen LogP contribution in [-0.2, 0) is 11.3 Å². The van der Waals surface area contributed by atoms with E-state index in [1.54, 1.807) is 19.5 Å². The minimum atomic E-state index is -0.480. The van der Waals surface area contributed by atoms with Crippen LogP contribution in [0.3, 0.4) is 0 Å². The smallest absolute Gasteiger partial charge is 0.407 e. The highest BCUT2D eigenvalue weighted by atomic mass is 16.6. The lowest BCUT2D eigenvalue weighted by Crippen LogP contribution is -2.41. The second-order valence-electron chi connectivity index (χ2n) is 6.66. The molecule has 1 aliphatic heterocycles. The number of carbonyl (C=O) groups is 1. The summed E-state index contributed by atoms with van der Waals surface area (Å²) < 4.78 is 10.5. The predicted molar refractivity (Wildman–Crippen MR) is 86.3 cm³/mol. The van der Waals surface area contributed by atoms with Gasteiger partial charge >= 0.3 is 6.09 Å². The Morgan fingerprint density at radius 3 is 2.83 bits per heavy atom. The first-order valence-corrected chi connectivity index (χ1v) is 7.94. The van der Waals surface area contributed by atoms with Crippen LogP contribution in [-0.4, -0.2) is 52.8 Å². The van der Waals surface area contributed by atoms with E-state index in [-0.39, 0.29) is 12.1 Å². The van der Waals surface area contributed by atoms with Crippen LogP contribution in [0.1, 0.15) is 39.3 Å². The molecule has 0 aromatic carbocycles. The molecule has 1 atom stereocenters. The van der Waals surface area contributed by atoms with Gasteiger partial charge in [0.1, 0.15) is 11.3 Å². The normalized spacial score (nSPS) is 18.7. The predicted octanol–water partition coefficient (Wildman–Crippen LogP) is 1.97. The monoisotopic (exact) mass is 322 g/mol. The van der Waals surface area contributed by atoms with Crippen molar-refractivity contribution in [3.63, 3.8) is 0 Å². The molecule has 0 bridgehead atoms. The third-order valence-electron chi connectivity index (χ3n) is 3.66. The molecule has 1 aromatic heterocycles. The Balaban J connectivity index is 1.89. The molecule has 1 saturated heterocycles. The number of hydrogen-bond donors (Lipinski definition) is 1. The molecule has 1 fully saturated rings. The molecule has 0 radical (unpaired) electrons. The highest BCUT2D eigenvalue weighted by Gasteiger charge is 2.27. The van der Waals surface area contributed by atoms with Crippen LogP contribution < -0.4 is 10.1 Å². The highest BCUT2D eigenvalue weighted by Crippen LogP contribution is 2.22. The Morgan fingerprint density at radius 1 is 1.39 bits per heavy atom. The fourth-order valence-corrected chi connectivity index (χ4v) is 2.68. The van der Waals surface area contributed by atoms with E-state index in [9.17, 15) is 4.79 Å². The van der Waals surface area contributed by atoms with E-state index in [0.717, 1.165) is 25.1 Å². The lowest BCUT2D eigenvalue weighted by Gasteiger charge is -2.25. The second kappa shape index (κ2) is 7.59. The number of nitrogens with zero attached hydrogens (tertiary/aromatic N) is 3. The van der Waals surface area contributed by atoms with E-state index in [4.69, 9.17) is 9.47 Å². The summed E-state index contributed by atoms with van der Waals surface area (Å²) in [7, 11) is 1.60. The highest BCUT2D eigenvalue weighted by molar-refractivity contribution is 5.67. The number of amides is 1. The Morgan fingerprint density at radius 2 is 2.13 bits per heavy atom. The first-order valence-electron chi connectivity index (χ1n) is 7.94. The first-order chi connectivity index (χ1) is 10.9. The van der Waals surface area contributed by atoms with Crippen molar-refractivity contribution in [2.75, 3.05) is 20.2 Å². The van der Waals surface area contributed by atoms with Crippen molar-refractivity contribution in [3.8, 4) is 5.88 Å². The van der Waals surface area contributed by atoms with Crippen LogP contribution in [0, 0.1) is 0 Å². The Labute approximate surface area is 137 Å². The van der Waals surface area contributed by atoms with E-state index in [0.29, 0.717) is 19.0 Å². The zero-order valence-corrected chi connectivity index (χ0v) is 14.3. The standard InChI is InChI=1S/C16H26N4O3/c1-16(2,3)23-15(21)19-10-12-6-5-9-20(12)11-13-14(22-4)18-8-7-17-13/h7-8,12H,5-6,9-11H2,1-4H3,(H,19,21). The molecule has 1 aromatic rings. The van der Waals surface area contributed by atoms with Gasteiger partial charge in [-0.1, -0.05) is 0 Å². The number of hydrogen-bond acceptors (Lipinski definition) is 6. The zero-order chi connectivity index (χ0) is 16.9. The van der Waals surface area contributed by atoms with Gasteiger partial charge in [0.05, 0.1) is 7.11 Å². The van der Waals surface area contributed by atoms with E-state index >= 15 is 0 Å². The fraction of sp³-hybridized carbons (Fsp3) is 0.688. The summed E-state index contributed by atoms with van der Waals surface area (Å²) in [4.78, 5) is 22.6. The molecular formula is C16H26N4O3. The molecule has 2 rings (SSSR count). The molecule has 2 heterocycles. The van der Waals surface area contributed by atoms with Crippen LogP contribution in [0.2, 0.25) is 0 Å². The summed E-state index contributed by atoms with van der Waals surface area (Å²) in [6, 6.07) is 0.272. The second-order valence-corrected chi connectivity index (χ2v) is 6.66. The van der Waals surface area contributed by atoms with Gasteiger partial charge in [0.15, 0.2) is 0 Å². The van der Waals surface area contributed by atoms with Crippen LogP contribution in [0.4, 0.5) is 4.79 Å². The van der Waals surface area contributed by atoms with Gasteiger partial charge < -0.3 is 14.8 Å². The number of alkyl carbamates (subject to hydrolysis) is 1. The molecule has 128 valence electrons. The maximum atomic E-state index is 11.8. The fourth-order valence-electron chi connectivity index (χ4n) is 2.68. The van der Waals surface area contributed by atoms with E-state index in [2.05, 4.69) is 20.2 Å². The minimum absolute atomic E-state index is 0.272. The maximum Gasteiger partial charge on any atom is 0.407 e. The van der Waals surface area contributed by atoms with Gasteiger partial charge in [-0.15, -0.1) is 0 Å². The molecule has 1 unspecified atom stereocenters. The molecule has 0 aliphatic carbocycles. The summed E-state index contributed by atoms with van der Waals surface area (Å²) in [5.74, 6) is 0.554. The third kappa shape index (κ3) is 5.35. The van der Waals surface area contributed by atoms with Gasteiger partial charge in [0, 0.05) is 31.5 Å². The summed E-state index contributed by atoms with van der Waals surface area (Å²) >= 11 is 0. The summed E-state index contributed by atoms with van der Waals surface area (Å²) in [5.41, 5.74) is 0.339. The number of aromatic nitrogens is 2. The topological polar surface area (TPSA) is 76.6 Å². The lowest BCUT2D eigenvalue weighted by atomic mass is 10.2. The van der Waals surface area contributed by atoms with Crippen molar-refractivity contribution in [2.45, 2.75) is 51.8 Å². The van der Waals surface area contributed by atoms with Gasteiger partial charge in [-0.3, -0.25) is 9.88 Å². The maximum absolute atomic E-state index is 11.8. The number of ether oxygens (including phenoxy) is 2. The minimum Gasteiger partial charge on any atom is -0.480 e. The van der Waals surface area contributed by atoms with Crippen molar-refractivity contribution in [2.24, 2.45) is 0 Å². The van der Waals surface area contributed by atoms with Crippen LogP contribution in [0.15, 0.2) is 12.4 Å². The summed E-state index contributed by atoms with van der Waals surface area (Å²) in [6.07, 6.45) is 5.05. The van der Waals surface area contributed by atoms with Gasteiger partial charge in [0.25, 0.3) is 0 Å². The number of carbonyl (C=O) groups excluding carboxylic acids is 1. The first kappa shape index (κ1) is 17.5. The van der Waals surface area contributed by atoms with Crippen molar-refractivity contribution in [3.05, 3.63) is 18.1 Å². The Bertz CT molecular complexity index is 530. The Hall–Kier alpha value is -1.89. The Kier molecular flexibility index (Phi) is 5.76. The van der Waals surface area contributed by atoms with Gasteiger partial charge in [-0.25, -0.2) is 9.78 Å². The molecule has 0 saturated carbocycles. The number of likely N-dealkylation sites (tertiary alicyclic amines) is 1. The average Bonchev–Trinajstić information content (AvgIpc) is 2.91. The lowest BCUT2D eigenvalue weighted by molar-refractivity contribution is 0.0512. The van der Waals surface area contributed by atoms with Crippen molar-refractivity contribution in [1.29, 1.82) is 0 Å². The van der Waals surface area contributed by atoms with Crippen molar-refractivity contribution in [1.82, 2.24) is 20.2 Å². The third-order valence-corrected chi connectivity index (χ3v) is 3.66. The number of nitrogens with one attached hydrogen (secondary N) is 1.